The zero-order valence-electron chi connectivity index (χ0n) is 14.8. The lowest BCUT2D eigenvalue weighted by Gasteiger charge is -2.30. The third-order valence-corrected chi connectivity index (χ3v) is 4.29. The molecule has 0 saturated carbocycles. The Bertz CT molecular complexity index is 848. The number of carbonyl (C=O) groups excluding carboxylic acids is 3. The van der Waals surface area contributed by atoms with Crippen molar-refractivity contribution in [3.8, 4) is 5.75 Å². The molecule has 134 valence electrons. The van der Waals surface area contributed by atoms with Crippen LogP contribution in [-0.4, -0.2) is 42.7 Å². The van der Waals surface area contributed by atoms with Crippen molar-refractivity contribution < 1.29 is 19.1 Å². The molecule has 0 bridgehead atoms. The van der Waals surface area contributed by atoms with Crippen molar-refractivity contribution in [2.45, 2.75) is 13.5 Å². The van der Waals surface area contributed by atoms with Crippen LogP contribution in [0.1, 0.15) is 22.8 Å². The second-order valence-electron chi connectivity index (χ2n) is 6.24. The maximum atomic E-state index is 12.6. The van der Waals surface area contributed by atoms with E-state index in [9.17, 15) is 14.4 Å². The minimum Gasteiger partial charge on any atom is -0.482 e. The Labute approximate surface area is 152 Å². The van der Waals surface area contributed by atoms with Gasteiger partial charge in [-0.05, 0) is 30.7 Å². The highest BCUT2D eigenvalue weighted by Crippen LogP contribution is 2.33. The molecule has 6 nitrogen and oxygen atoms in total. The predicted molar refractivity (Wildman–Crippen MR) is 97.2 cm³/mol. The number of carbonyl (C=O) groups is 3. The Hall–Kier alpha value is -3.15. The van der Waals surface area contributed by atoms with E-state index in [4.69, 9.17) is 4.74 Å². The molecule has 0 N–H and O–H groups in total. The van der Waals surface area contributed by atoms with Gasteiger partial charge in [0.2, 0.25) is 5.91 Å². The number of amides is 2. The molecule has 1 aliphatic heterocycles. The fourth-order valence-electron chi connectivity index (χ4n) is 2.80. The van der Waals surface area contributed by atoms with E-state index in [0.717, 1.165) is 5.56 Å². The average Bonchev–Trinajstić information content (AvgIpc) is 2.64. The van der Waals surface area contributed by atoms with E-state index < -0.39 is 0 Å². The number of Topliss-reactive ketones (excluding diaryl/α,β-unsaturated/α-hetero) is 1. The van der Waals surface area contributed by atoms with Crippen LogP contribution in [0.3, 0.4) is 0 Å². The summed E-state index contributed by atoms with van der Waals surface area (Å²) < 4.78 is 5.41. The minimum absolute atomic E-state index is 0.0973. The molecule has 26 heavy (non-hydrogen) atoms. The molecule has 0 aromatic heterocycles. The summed E-state index contributed by atoms with van der Waals surface area (Å²) in [4.78, 5) is 39.5. The molecule has 1 heterocycles. The smallest absolute Gasteiger partial charge is 0.265 e. The lowest BCUT2D eigenvalue weighted by atomic mass is 10.1. The number of ether oxygens (including phenoxy) is 1. The third kappa shape index (κ3) is 3.74. The SMILES string of the molecule is CC(=O)c1ccc2c(c1)N(CC(=O)N(C)Cc1ccccc1)C(=O)CO2. The van der Waals surface area contributed by atoms with Crippen LogP contribution >= 0.6 is 0 Å². The van der Waals surface area contributed by atoms with E-state index >= 15 is 0 Å². The van der Waals surface area contributed by atoms with Crippen molar-refractivity contribution in [2.24, 2.45) is 0 Å². The van der Waals surface area contributed by atoms with Gasteiger partial charge in [0.05, 0.1) is 5.69 Å². The van der Waals surface area contributed by atoms with Crippen molar-refractivity contribution in [2.75, 3.05) is 25.1 Å². The van der Waals surface area contributed by atoms with Gasteiger partial charge in [-0.25, -0.2) is 0 Å². The Morgan fingerprint density at radius 3 is 2.58 bits per heavy atom. The molecule has 6 heteroatoms. The van der Waals surface area contributed by atoms with Gasteiger partial charge in [0.25, 0.3) is 5.91 Å². The van der Waals surface area contributed by atoms with E-state index in [2.05, 4.69) is 0 Å². The first-order valence-electron chi connectivity index (χ1n) is 8.32. The van der Waals surface area contributed by atoms with Crippen LogP contribution in [0.25, 0.3) is 0 Å². The Morgan fingerprint density at radius 1 is 1.15 bits per heavy atom. The lowest BCUT2D eigenvalue weighted by molar-refractivity contribution is -0.131. The van der Waals surface area contributed by atoms with E-state index in [1.165, 1.54) is 11.8 Å². The second-order valence-corrected chi connectivity index (χ2v) is 6.24. The molecule has 0 atom stereocenters. The van der Waals surface area contributed by atoms with Crippen LogP contribution < -0.4 is 9.64 Å². The van der Waals surface area contributed by atoms with Crippen LogP contribution in [0, 0.1) is 0 Å². The van der Waals surface area contributed by atoms with E-state index in [-0.39, 0.29) is 30.7 Å². The summed E-state index contributed by atoms with van der Waals surface area (Å²) in [5, 5.41) is 0. The summed E-state index contributed by atoms with van der Waals surface area (Å²) in [6.07, 6.45) is 0. The summed E-state index contributed by atoms with van der Waals surface area (Å²) in [5.74, 6) is -0.116. The molecule has 2 amide bonds. The summed E-state index contributed by atoms with van der Waals surface area (Å²) in [7, 11) is 1.70. The summed E-state index contributed by atoms with van der Waals surface area (Å²) >= 11 is 0. The number of likely N-dealkylation sites (N-methyl/N-ethyl adjacent to an activating group) is 1. The van der Waals surface area contributed by atoms with E-state index in [1.54, 1.807) is 30.1 Å². The number of anilines is 1. The first-order valence-corrected chi connectivity index (χ1v) is 8.32. The first kappa shape index (κ1) is 17.7. The molecule has 3 rings (SSSR count). The van der Waals surface area contributed by atoms with Gasteiger partial charge in [0.1, 0.15) is 12.3 Å². The summed E-state index contributed by atoms with van der Waals surface area (Å²) in [6.45, 7) is 1.69. The fraction of sp³-hybridized carbons (Fsp3) is 0.250. The fourth-order valence-corrected chi connectivity index (χ4v) is 2.80. The topological polar surface area (TPSA) is 66.9 Å². The Morgan fingerprint density at radius 2 is 1.88 bits per heavy atom. The predicted octanol–water partition coefficient (Wildman–Crippen LogP) is 2.27. The van der Waals surface area contributed by atoms with E-state index in [1.807, 2.05) is 30.3 Å². The van der Waals surface area contributed by atoms with Gasteiger partial charge < -0.3 is 9.64 Å². The molecule has 2 aromatic rings. The van der Waals surface area contributed by atoms with Crippen LogP contribution in [0.5, 0.6) is 5.75 Å². The number of nitrogens with zero attached hydrogens (tertiary/aromatic N) is 2. The summed E-state index contributed by atoms with van der Waals surface area (Å²) in [6, 6.07) is 14.5. The van der Waals surface area contributed by atoms with Crippen LogP contribution in [0.4, 0.5) is 5.69 Å². The van der Waals surface area contributed by atoms with E-state index in [0.29, 0.717) is 23.5 Å². The van der Waals surface area contributed by atoms with Crippen LogP contribution in [0.15, 0.2) is 48.5 Å². The largest absolute Gasteiger partial charge is 0.482 e. The molecule has 2 aromatic carbocycles. The highest BCUT2D eigenvalue weighted by Gasteiger charge is 2.28. The number of ketones is 1. The number of hydrogen-bond acceptors (Lipinski definition) is 4. The number of hydrogen-bond donors (Lipinski definition) is 0. The zero-order chi connectivity index (χ0) is 18.7. The van der Waals surface area contributed by atoms with Gasteiger partial charge in [0, 0.05) is 19.2 Å². The van der Waals surface area contributed by atoms with Crippen molar-refractivity contribution in [3.05, 3.63) is 59.7 Å². The highest BCUT2D eigenvalue weighted by molar-refractivity contribution is 6.04. The summed E-state index contributed by atoms with van der Waals surface area (Å²) in [5.41, 5.74) is 1.93. The standard InChI is InChI=1S/C20H20N2O4/c1-14(23)16-8-9-18-17(10-16)22(20(25)13-26-18)12-19(24)21(2)11-15-6-4-3-5-7-15/h3-10H,11-13H2,1-2H3. The molecule has 0 unspecified atom stereocenters. The second kappa shape index (κ2) is 7.39. The highest BCUT2D eigenvalue weighted by atomic mass is 16.5. The maximum absolute atomic E-state index is 12.6. The van der Waals surface area contributed by atoms with Crippen molar-refractivity contribution >= 4 is 23.3 Å². The molecule has 0 fully saturated rings. The third-order valence-electron chi connectivity index (χ3n) is 4.29. The molecule has 1 aliphatic rings. The molecule has 0 spiro atoms. The van der Waals surface area contributed by atoms with Crippen molar-refractivity contribution in [1.29, 1.82) is 0 Å². The average molecular weight is 352 g/mol. The van der Waals surface area contributed by atoms with Gasteiger partial charge in [-0.15, -0.1) is 0 Å². The van der Waals surface area contributed by atoms with Gasteiger partial charge in [-0.1, -0.05) is 30.3 Å². The molecular formula is C20H20N2O4. The number of rotatable bonds is 5. The molecule has 0 aliphatic carbocycles. The number of benzene rings is 2. The van der Waals surface area contributed by atoms with Gasteiger partial charge >= 0.3 is 0 Å². The Balaban J connectivity index is 1.78. The lowest BCUT2D eigenvalue weighted by Crippen LogP contribution is -2.45. The molecule has 0 saturated heterocycles. The minimum atomic E-state index is -0.306. The van der Waals surface area contributed by atoms with Gasteiger partial charge in [0.15, 0.2) is 12.4 Å². The maximum Gasteiger partial charge on any atom is 0.265 e. The molecule has 0 radical (unpaired) electrons. The van der Waals surface area contributed by atoms with Crippen molar-refractivity contribution in [1.82, 2.24) is 4.90 Å². The normalized spacial score (nSPS) is 13.0. The molecular weight excluding hydrogens is 332 g/mol. The first-order chi connectivity index (χ1) is 12.5. The van der Waals surface area contributed by atoms with Crippen molar-refractivity contribution in [3.63, 3.8) is 0 Å². The number of fused-ring (bicyclic) bond motifs is 1. The Kier molecular flexibility index (Phi) is 5.02. The van der Waals surface area contributed by atoms with Gasteiger partial charge in [-0.2, -0.15) is 0 Å². The van der Waals surface area contributed by atoms with Gasteiger partial charge in [-0.3, -0.25) is 19.3 Å². The zero-order valence-corrected chi connectivity index (χ0v) is 14.8. The van der Waals surface area contributed by atoms with Crippen LogP contribution in [0.2, 0.25) is 0 Å². The quantitative estimate of drug-likeness (QED) is 0.774. The van der Waals surface area contributed by atoms with Crippen LogP contribution in [-0.2, 0) is 16.1 Å². The monoisotopic (exact) mass is 352 g/mol.